The summed E-state index contributed by atoms with van der Waals surface area (Å²) >= 11 is 0. The molecule has 3 aromatic carbocycles. The van der Waals surface area contributed by atoms with E-state index in [2.05, 4.69) is 4.98 Å². The third-order valence-electron chi connectivity index (χ3n) is 7.40. The highest BCUT2D eigenvalue weighted by Gasteiger charge is 2.32. The van der Waals surface area contributed by atoms with Crippen LogP contribution in [0.4, 0.5) is 8.78 Å². The number of sulfonamides is 1. The molecule has 4 aromatic rings. The molecule has 0 saturated heterocycles. The molecule has 0 saturated carbocycles. The Morgan fingerprint density at radius 1 is 0.925 bits per heavy atom. The first kappa shape index (κ1) is 27.8. The van der Waals surface area contributed by atoms with E-state index in [1.807, 2.05) is 12.1 Å². The van der Waals surface area contributed by atoms with Gasteiger partial charge in [0.1, 0.15) is 0 Å². The zero-order valence-corrected chi connectivity index (χ0v) is 23.3. The van der Waals surface area contributed by atoms with Crippen LogP contribution in [-0.2, 0) is 35.3 Å². The van der Waals surface area contributed by atoms with E-state index in [9.17, 15) is 22.0 Å². The van der Waals surface area contributed by atoms with Crippen LogP contribution in [0.5, 0.6) is 11.5 Å². The minimum Gasteiger partial charge on any atom is -0.493 e. The number of hydrogen-bond donors (Lipinski definition) is 1. The summed E-state index contributed by atoms with van der Waals surface area (Å²) in [5.41, 5.74) is 2.97. The molecule has 40 heavy (non-hydrogen) atoms. The van der Waals surface area contributed by atoms with E-state index in [4.69, 9.17) is 9.47 Å². The molecule has 1 aliphatic heterocycles. The van der Waals surface area contributed by atoms with E-state index >= 15 is 0 Å². The zero-order chi connectivity index (χ0) is 28.7. The summed E-state index contributed by atoms with van der Waals surface area (Å²) in [5.74, 6) is -1.97. The van der Waals surface area contributed by atoms with Gasteiger partial charge < -0.3 is 14.5 Å². The van der Waals surface area contributed by atoms with Crippen LogP contribution in [0.3, 0.4) is 0 Å². The van der Waals surface area contributed by atoms with Crippen LogP contribution in [0.15, 0.2) is 70.4 Å². The van der Waals surface area contributed by atoms with Crippen molar-refractivity contribution in [2.45, 2.75) is 43.5 Å². The molecule has 0 aliphatic carbocycles. The summed E-state index contributed by atoms with van der Waals surface area (Å²) in [5, 5.41) is 0.294. The third kappa shape index (κ3) is 5.21. The van der Waals surface area contributed by atoms with Gasteiger partial charge in [0.2, 0.25) is 15.6 Å². The number of benzene rings is 3. The molecule has 5 rings (SSSR count). The number of nitrogens with zero attached hydrogens (tertiary/aromatic N) is 1. The monoisotopic (exact) mass is 568 g/mol. The van der Waals surface area contributed by atoms with Gasteiger partial charge in [0, 0.05) is 42.0 Å². The predicted octanol–water partition coefficient (Wildman–Crippen LogP) is 5.38. The lowest BCUT2D eigenvalue weighted by atomic mass is 9.97. The molecule has 0 bridgehead atoms. The number of fused-ring (bicyclic) bond motifs is 2. The Balaban J connectivity index is 1.37. The first-order valence-electron chi connectivity index (χ1n) is 12.9. The molecule has 0 spiro atoms. The number of pyridine rings is 1. The van der Waals surface area contributed by atoms with Crippen LogP contribution in [0.25, 0.3) is 10.9 Å². The van der Waals surface area contributed by atoms with Crippen molar-refractivity contribution in [3.8, 4) is 11.5 Å². The Bertz CT molecular complexity index is 1730. The summed E-state index contributed by atoms with van der Waals surface area (Å²) in [4.78, 5) is 14.7. The van der Waals surface area contributed by atoms with Crippen LogP contribution in [-0.4, -0.2) is 38.5 Å². The van der Waals surface area contributed by atoms with Crippen LogP contribution < -0.4 is 15.0 Å². The Labute approximate surface area is 231 Å². The zero-order valence-electron chi connectivity index (χ0n) is 22.5. The first-order chi connectivity index (χ1) is 19.0. The minimum absolute atomic E-state index is 0.182. The van der Waals surface area contributed by atoms with E-state index in [-0.39, 0.29) is 17.0 Å². The summed E-state index contributed by atoms with van der Waals surface area (Å²) < 4.78 is 68.3. The smallest absolute Gasteiger partial charge is 0.273 e. The van der Waals surface area contributed by atoms with Gasteiger partial charge >= 0.3 is 0 Å². The van der Waals surface area contributed by atoms with Crippen molar-refractivity contribution in [2.75, 3.05) is 20.8 Å². The fraction of sp³-hybridized carbons (Fsp3) is 0.300. The van der Waals surface area contributed by atoms with Gasteiger partial charge in [-0.1, -0.05) is 25.1 Å². The number of rotatable bonds is 8. The number of halogens is 2. The minimum atomic E-state index is -3.74. The normalized spacial score (nSPS) is 14.2. The number of nitrogens with one attached hydrogen (secondary N) is 1. The fourth-order valence-corrected chi connectivity index (χ4v) is 6.55. The summed E-state index contributed by atoms with van der Waals surface area (Å²) in [7, 11) is -0.633. The van der Waals surface area contributed by atoms with Crippen molar-refractivity contribution in [2.24, 2.45) is 0 Å². The molecular formula is C30H30F2N2O5S. The largest absolute Gasteiger partial charge is 0.493 e. The van der Waals surface area contributed by atoms with Gasteiger partial charge in [-0.05, 0) is 71.5 Å². The SMILES string of the molecule is CCC(F)(F)c1cc(=O)[nH]c2ccc(Cc3ccc(S(=O)(=O)N4CCc5cc(OC)c(OC)cc5C4)cc3)cc12. The molecule has 1 aromatic heterocycles. The number of methoxy groups -OCH3 is 2. The summed E-state index contributed by atoms with van der Waals surface area (Å²) in [6.07, 6.45) is 0.542. The number of aromatic amines is 1. The average Bonchev–Trinajstić information content (AvgIpc) is 2.96. The van der Waals surface area contributed by atoms with Gasteiger partial charge in [-0.2, -0.15) is 4.31 Å². The maximum absolute atomic E-state index is 14.6. The van der Waals surface area contributed by atoms with Crippen molar-refractivity contribution >= 4 is 20.9 Å². The highest BCUT2D eigenvalue weighted by atomic mass is 32.2. The van der Waals surface area contributed by atoms with Crippen molar-refractivity contribution in [3.05, 3.63) is 98.8 Å². The highest BCUT2D eigenvalue weighted by Crippen LogP contribution is 2.36. The van der Waals surface area contributed by atoms with Crippen LogP contribution >= 0.6 is 0 Å². The summed E-state index contributed by atoms with van der Waals surface area (Å²) in [6, 6.07) is 16.3. The molecule has 10 heteroatoms. The Morgan fingerprint density at radius 3 is 2.23 bits per heavy atom. The van der Waals surface area contributed by atoms with Crippen molar-refractivity contribution in [3.63, 3.8) is 0 Å². The van der Waals surface area contributed by atoms with E-state index in [1.165, 1.54) is 11.2 Å². The molecule has 2 heterocycles. The maximum atomic E-state index is 14.6. The van der Waals surface area contributed by atoms with Gasteiger partial charge in [-0.3, -0.25) is 4.79 Å². The molecular weight excluding hydrogens is 538 g/mol. The molecule has 7 nitrogen and oxygen atoms in total. The summed E-state index contributed by atoms with van der Waals surface area (Å²) in [6.45, 7) is 1.95. The Kier molecular flexibility index (Phi) is 7.41. The molecule has 0 radical (unpaired) electrons. The molecule has 1 aliphatic rings. The van der Waals surface area contributed by atoms with Crippen molar-refractivity contribution in [1.29, 1.82) is 0 Å². The van der Waals surface area contributed by atoms with Crippen molar-refractivity contribution in [1.82, 2.24) is 9.29 Å². The lowest BCUT2D eigenvalue weighted by Gasteiger charge is -2.29. The topological polar surface area (TPSA) is 88.7 Å². The van der Waals surface area contributed by atoms with E-state index in [1.54, 1.807) is 56.7 Å². The van der Waals surface area contributed by atoms with E-state index in [0.717, 1.165) is 28.3 Å². The second-order valence-electron chi connectivity index (χ2n) is 9.87. The quantitative estimate of drug-likeness (QED) is 0.308. The number of ether oxygens (including phenoxy) is 2. The standard InChI is InChI=1S/C30H30F2N2O5S/c1-4-30(31,32)25-17-29(35)33-26-10-7-20(14-24(25)26)13-19-5-8-23(9-6-19)40(36,37)34-12-11-21-15-27(38-2)28(39-3)16-22(21)18-34/h5-10,14-17H,4,11-13,18H2,1-3H3,(H,33,35). The molecule has 210 valence electrons. The second kappa shape index (κ2) is 10.7. The lowest BCUT2D eigenvalue weighted by Crippen LogP contribution is -2.36. The first-order valence-corrected chi connectivity index (χ1v) is 14.4. The second-order valence-corrected chi connectivity index (χ2v) is 11.8. The van der Waals surface area contributed by atoms with Crippen LogP contribution in [0.1, 0.15) is 41.2 Å². The highest BCUT2D eigenvalue weighted by molar-refractivity contribution is 7.89. The van der Waals surface area contributed by atoms with Crippen molar-refractivity contribution < 1.29 is 26.7 Å². The number of H-pyrrole nitrogens is 1. The van der Waals surface area contributed by atoms with Gasteiger partial charge in [-0.15, -0.1) is 0 Å². The number of aromatic nitrogens is 1. The van der Waals surface area contributed by atoms with E-state index in [0.29, 0.717) is 41.8 Å². The molecule has 0 amide bonds. The Hall–Kier alpha value is -3.76. The third-order valence-corrected chi connectivity index (χ3v) is 9.26. The average molecular weight is 569 g/mol. The van der Waals surface area contributed by atoms with Gasteiger partial charge in [0.05, 0.1) is 19.1 Å². The predicted molar refractivity (Wildman–Crippen MR) is 149 cm³/mol. The van der Waals surface area contributed by atoms with Gasteiger partial charge in [0.25, 0.3) is 5.92 Å². The Morgan fingerprint density at radius 2 is 1.57 bits per heavy atom. The van der Waals surface area contributed by atoms with Crippen LogP contribution in [0.2, 0.25) is 0 Å². The maximum Gasteiger partial charge on any atom is 0.273 e. The molecule has 0 atom stereocenters. The number of hydrogen-bond acceptors (Lipinski definition) is 5. The van der Waals surface area contributed by atoms with Crippen LogP contribution in [0, 0.1) is 0 Å². The number of alkyl halides is 2. The fourth-order valence-electron chi connectivity index (χ4n) is 5.13. The van der Waals surface area contributed by atoms with E-state index < -0.39 is 27.9 Å². The van der Waals surface area contributed by atoms with Gasteiger partial charge in [-0.25, -0.2) is 17.2 Å². The molecule has 1 N–H and O–H groups in total. The molecule has 0 fully saturated rings. The van der Waals surface area contributed by atoms with Gasteiger partial charge in [0.15, 0.2) is 11.5 Å². The molecule has 0 unspecified atom stereocenters. The lowest BCUT2D eigenvalue weighted by molar-refractivity contribution is -0.00686.